The van der Waals surface area contributed by atoms with Crippen molar-refractivity contribution in [3.05, 3.63) is 60.2 Å². The van der Waals surface area contributed by atoms with Crippen molar-refractivity contribution in [3.8, 4) is 0 Å². The molecule has 5 N–H and O–H groups in total. The number of carbonyl (C=O) groups excluding carboxylic acids is 3. The monoisotopic (exact) mass is 663 g/mol. The highest BCUT2D eigenvalue weighted by molar-refractivity contribution is 7.89. The number of sulfonamides is 1. The second-order valence-corrected chi connectivity index (χ2v) is 14.1. The van der Waals surface area contributed by atoms with E-state index in [1.165, 1.54) is 4.31 Å². The minimum absolute atomic E-state index is 0.0620. The van der Waals surface area contributed by atoms with Gasteiger partial charge in [0.2, 0.25) is 33.8 Å². The molecular weight excluding hydrogens is 622 g/mol. The van der Waals surface area contributed by atoms with Crippen LogP contribution in [0.4, 0.5) is 5.69 Å². The molecule has 2 aromatic carbocycles. The normalized spacial score (nSPS) is 22.9. The molecule has 4 aliphatic heterocycles. The van der Waals surface area contributed by atoms with Crippen molar-refractivity contribution in [2.24, 2.45) is 15.9 Å². The number of nitrogens with one attached hydrogen (secondary N) is 5. The van der Waals surface area contributed by atoms with Gasteiger partial charge in [-0.3, -0.25) is 29.3 Å². The van der Waals surface area contributed by atoms with Crippen LogP contribution in [-0.2, 0) is 19.6 Å². The number of fused-ring (bicyclic) bond motifs is 3. The summed E-state index contributed by atoms with van der Waals surface area (Å²) in [7, 11) is -3.86. The zero-order valence-corrected chi connectivity index (χ0v) is 27.1. The van der Waals surface area contributed by atoms with Crippen LogP contribution in [0.5, 0.6) is 0 Å². The summed E-state index contributed by atoms with van der Waals surface area (Å²) in [6.07, 6.45) is 3.07. The third-order valence-corrected chi connectivity index (χ3v) is 10.9. The largest absolute Gasteiger partial charge is 0.354 e. The van der Waals surface area contributed by atoms with Crippen LogP contribution in [0.1, 0.15) is 43.0 Å². The number of anilines is 1. The van der Waals surface area contributed by atoms with Crippen LogP contribution in [0.3, 0.4) is 0 Å². The van der Waals surface area contributed by atoms with Gasteiger partial charge >= 0.3 is 0 Å². The van der Waals surface area contributed by atoms with Crippen LogP contribution >= 0.6 is 0 Å². The van der Waals surface area contributed by atoms with Crippen molar-refractivity contribution in [1.29, 1.82) is 0 Å². The Labute approximate surface area is 274 Å². The number of nitrogens with zero attached hydrogens (tertiary/aromatic N) is 4. The van der Waals surface area contributed by atoms with Gasteiger partial charge in [-0.05, 0) is 68.9 Å². The van der Waals surface area contributed by atoms with Gasteiger partial charge in [0.25, 0.3) is 5.91 Å². The third kappa shape index (κ3) is 7.25. The highest BCUT2D eigenvalue weighted by Crippen LogP contribution is 2.42. The number of hydrogen-bond donors (Lipinski definition) is 5. The third-order valence-electron chi connectivity index (χ3n) is 8.95. The SMILES string of the molecule is CC(CNC(=O)CNC(=O)c1cccc(NC2=NCCN2C2=NCCN2)c1)NC(=O)C1C2CCC(CC2)N1S(=O)(=O)c1ccccc1. The maximum Gasteiger partial charge on any atom is 0.251 e. The van der Waals surface area contributed by atoms with E-state index in [2.05, 4.69) is 36.6 Å². The number of hydrogen-bond acceptors (Lipinski definition) is 10. The number of piperidine rings is 2. The molecule has 3 fully saturated rings. The van der Waals surface area contributed by atoms with E-state index in [1.807, 2.05) is 11.0 Å². The first-order valence-electron chi connectivity index (χ1n) is 16.1. The van der Waals surface area contributed by atoms with Gasteiger partial charge < -0.3 is 26.6 Å². The first kappa shape index (κ1) is 32.4. The highest BCUT2D eigenvalue weighted by atomic mass is 32.2. The lowest BCUT2D eigenvalue weighted by molar-refractivity contribution is -0.131. The Balaban J connectivity index is 0.982. The lowest BCUT2D eigenvalue weighted by Gasteiger charge is -2.49. The number of rotatable bonds is 10. The van der Waals surface area contributed by atoms with Crippen molar-refractivity contribution in [1.82, 2.24) is 30.5 Å². The van der Waals surface area contributed by atoms with Crippen LogP contribution in [0.2, 0.25) is 0 Å². The van der Waals surface area contributed by atoms with Gasteiger partial charge in [0.1, 0.15) is 6.04 Å². The van der Waals surface area contributed by atoms with Crippen LogP contribution < -0.4 is 26.6 Å². The molecule has 1 saturated carbocycles. The predicted molar refractivity (Wildman–Crippen MR) is 177 cm³/mol. The van der Waals surface area contributed by atoms with Crippen LogP contribution in [-0.4, -0.2) is 105 Å². The van der Waals surface area contributed by atoms with Gasteiger partial charge in [0, 0.05) is 43.0 Å². The molecule has 0 aromatic heterocycles. The Morgan fingerprint density at radius 1 is 0.979 bits per heavy atom. The van der Waals surface area contributed by atoms with Crippen molar-refractivity contribution in [3.63, 3.8) is 0 Å². The van der Waals surface area contributed by atoms with Gasteiger partial charge in [-0.25, -0.2) is 8.42 Å². The summed E-state index contributed by atoms with van der Waals surface area (Å²) < 4.78 is 28.7. The van der Waals surface area contributed by atoms with Crippen molar-refractivity contribution < 1.29 is 22.8 Å². The Morgan fingerprint density at radius 3 is 2.51 bits per heavy atom. The maximum atomic E-state index is 13.6. The van der Waals surface area contributed by atoms with E-state index in [4.69, 9.17) is 0 Å². The van der Waals surface area contributed by atoms with Gasteiger partial charge in [0.15, 0.2) is 0 Å². The summed E-state index contributed by atoms with van der Waals surface area (Å²) in [5, 5.41) is 14.8. The molecule has 2 atom stereocenters. The van der Waals surface area contributed by atoms with Gasteiger partial charge in [-0.1, -0.05) is 24.3 Å². The Morgan fingerprint density at radius 2 is 1.77 bits per heavy atom. The molecule has 7 rings (SSSR count). The zero-order valence-electron chi connectivity index (χ0n) is 26.3. The van der Waals surface area contributed by atoms with E-state index in [9.17, 15) is 22.8 Å². The lowest BCUT2D eigenvalue weighted by atomic mass is 9.76. The molecule has 2 saturated heterocycles. The zero-order chi connectivity index (χ0) is 33.0. The minimum atomic E-state index is -3.86. The molecule has 2 unspecified atom stereocenters. The first-order valence-corrected chi connectivity index (χ1v) is 17.6. The summed E-state index contributed by atoms with van der Waals surface area (Å²) >= 11 is 0. The Hall–Kier alpha value is -4.50. The van der Waals surface area contributed by atoms with Crippen LogP contribution in [0, 0.1) is 5.92 Å². The number of benzene rings is 2. The van der Waals surface area contributed by atoms with E-state index >= 15 is 0 Å². The van der Waals surface area contributed by atoms with E-state index < -0.39 is 33.9 Å². The minimum Gasteiger partial charge on any atom is -0.354 e. The maximum absolute atomic E-state index is 13.6. The number of guanidine groups is 2. The van der Waals surface area contributed by atoms with E-state index in [0.717, 1.165) is 44.7 Å². The molecule has 14 nitrogen and oxygen atoms in total. The summed E-state index contributed by atoms with van der Waals surface area (Å²) in [5.41, 5.74) is 1.05. The summed E-state index contributed by atoms with van der Waals surface area (Å²) in [6.45, 7) is 4.47. The Kier molecular flexibility index (Phi) is 9.73. The first-order chi connectivity index (χ1) is 22.7. The van der Waals surface area contributed by atoms with E-state index in [1.54, 1.807) is 55.5 Å². The second-order valence-electron chi connectivity index (χ2n) is 12.3. The molecule has 0 spiro atoms. The van der Waals surface area contributed by atoms with Crippen molar-refractivity contribution in [2.45, 2.75) is 55.6 Å². The molecule has 3 amide bonds. The molecular formula is C32H41N9O5S. The van der Waals surface area contributed by atoms with Crippen molar-refractivity contribution >= 4 is 45.4 Å². The quantitative estimate of drug-likeness (QED) is 0.247. The molecule has 47 heavy (non-hydrogen) atoms. The smallest absolute Gasteiger partial charge is 0.251 e. The topological polar surface area (TPSA) is 177 Å². The molecule has 2 bridgehead atoms. The summed E-state index contributed by atoms with van der Waals surface area (Å²) in [4.78, 5) is 50.1. The van der Waals surface area contributed by atoms with Crippen molar-refractivity contribution in [2.75, 3.05) is 44.6 Å². The number of carbonyl (C=O) groups is 3. The molecule has 15 heteroatoms. The molecule has 2 aromatic rings. The van der Waals surface area contributed by atoms with Gasteiger partial charge in [-0.15, -0.1) is 0 Å². The fourth-order valence-corrected chi connectivity index (χ4v) is 8.58. The standard InChI is InChI=1S/C32H41N9O5S/c1-21(38-30(44)28-22-10-12-25(13-11-22)41(28)47(45,46)26-8-3-2-4-9-26)19-36-27(42)20-37-29(43)23-6-5-7-24(18-23)39-32-35-16-17-40(32)31-33-14-15-34-31/h2-9,18,21-22,25,28H,10-17,19-20H2,1H3,(H,33,34)(H,35,39)(H,36,42)(H,37,43)(H,38,44). The number of amides is 3. The molecule has 1 aliphatic carbocycles. The van der Waals surface area contributed by atoms with E-state index in [-0.39, 0.29) is 35.9 Å². The summed E-state index contributed by atoms with van der Waals surface area (Å²) in [5.74, 6) is 0.178. The lowest BCUT2D eigenvalue weighted by Crippen LogP contribution is -2.63. The molecule has 4 heterocycles. The van der Waals surface area contributed by atoms with E-state index in [0.29, 0.717) is 30.3 Å². The average Bonchev–Trinajstić information content (AvgIpc) is 3.79. The summed E-state index contributed by atoms with van der Waals surface area (Å²) in [6, 6.07) is 13.7. The van der Waals surface area contributed by atoms with Gasteiger partial charge in [-0.2, -0.15) is 4.31 Å². The second kappa shape index (κ2) is 14.1. The molecule has 0 radical (unpaired) electrons. The highest BCUT2D eigenvalue weighted by Gasteiger charge is 2.51. The van der Waals surface area contributed by atoms with Crippen LogP contribution in [0.25, 0.3) is 0 Å². The fraction of sp³-hybridized carbons (Fsp3) is 0.469. The van der Waals surface area contributed by atoms with Crippen LogP contribution in [0.15, 0.2) is 69.5 Å². The molecule has 5 aliphatic rings. The molecule has 250 valence electrons. The predicted octanol–water partition coefficient (Wildman–Crippen LogP) is 0.712. The average molecular weight is 664 g/mol. The Bertz CT molecular complexity index is 1660. The van der Waals surface area contributed by atoms with Gasteiger partial charge in [0.05, 0.1) is 24.5 Å². The number of aliphatic imine (C=N–C) groups is 2. The fourth-order valence-electron chi connectivity index (χ4n) is 6.66.